The van der Waals surface area contributed by atoms with Crippen molar-refractivity contribution < 1.29 is 0 Å². The summed E-state index contributed by atoms with van der Waals surface area (Å²) >= 11 is 1.70. The Bertz CT molecular complexity index is 688. The lowest BCUT2D eigenvalue weighted by molar-refractivity contribution is 0.605. The minimum atomic E-state index is 0.541. The van der Waals surface area contributed by atoms with Crippen LogP contribution in [-0.4, -0.2) is 32.3 Å². The van der Waals surface area contributed by atoms with Crippen LogP contribution in [0, 0.1) is 6.92 Å². The average molecular weight is 347 g/mol. The van der Waals surface area contributed by atoms with E-state index in [4.69, 9.17) is 0 Å². The number of hydrogen-bond donors (Lipinski definition) is 2. The second-order valence-electron chi connectivity index (χ2n) is 5.91. The van der Waals surface area contributed by atoms with Crippen LogP contribution in [-0.2, 0) is 26.1 Å². The summed E-state index contributed by atoms with van der Waals surface area (Å²) in [4.78, 5) is 10.3. The van der Waals surface area contributed by atoms with Gasteiger partial charge in [-0.05, 0) is 26.7 Å². The van der Waals surface area contributed by atoms with Crippen molar-refractivity contribution in [3.8, 4) is 0 Å². The summed E-state index contributed by atoms with van der Waals surface area (Å²) in [5, 5.41) is 16.3. The van der Waals surface area contributed by atoms with E-state index in [1.807, 2.05) is 6.20 Å². The topological polar surface area (TPSA) is 80.0 Å². The Balaban J connectivity index is 1.64. The Kier molecular flexibility index (Phi) is 5.79. The first-order valence-electron chi connectivity index (χ1n) is 8.60. The summed E-state index contributed by atoms with van der Waals surface area (Å²) < 4.78 is 2.24. The van der Waals surface area contributed by atoms with Gasteiger partial charge in [0.1, 0.15) is 17.4 Å². The summed E-state index contributed by atoms with van der Waals surface area (Å²) in [6.07, 6.45) is 6.60. The molecule has 3 rings (SSSR count). The van der Waals surface area contributed by atoms with Crippen LogP contribution in [0.25, 0.3) is 0 Å². The van der Waals surface area contributed by atoms with Crippen LogP contribution in [0.1, 0.15) is 47.7 Å². The second kappa shape index (κ2) is 8.23. The predicted molar refractivity (Wildman–Crippen MR) is 96.1 cm³/mol. The molecule has 0 unspecified atom stereocenters. The van der Waals surface area contributed by atoms with Gasteiger partial charge in [0, 0.05) is 30.6 Å². The van der Waals surface area contributed by atoms with E-state index >= 15 is 0 Å². The van der Waals surface area contributed by atoms with Crippen LogP contribution in [0.5, 0.6) is 0 Å². The molecule has 0 saturated heterocycles. The first-order chi connectivity index (χ1) is 11.8. The Labute approximate surface area is 146 Å². The van der Waals surface area contributed by atoms with E-state index in [2.05, 4.69) is 49.2 Å². The third kappa shape index (κ3) is 4.31. The minimum absolute atomic E-state index is 0.541. The molecule has 2 N–H and O–H groups in total. The number of aromatic nitrogens is 4. The van der Waals surface area contributed by atoms with E-state index < -0.39 is 0 Å². The number of aryl methyl sites for hydroxylation is 2. The molecular weight excluding hydrogens is 322 g/mol. The number of fused-ring (bicyclic) bond motifs is 1. The van der Waals surface area contributed by atoms with Gasteiger partial charge in [-0.1, -0.05) is 6.42 Å². The normalized spacial score (nSPS) is 15.0. The van der Waals surface area contributed by atoms with Gasteiger partial charge >= 0.3 is 0 Å². The van der Waals surface area contributed by atoms with Crippen molar-refractivity contribution in [3.05, 3.63) is 27.7 Å². The monoisotopic (exact) mass is 347 g/mol. The van der Waals surface area contributed by atoms with Crippen LogP contribution in [0.15, 0.2) is 11.2 Å². The van der Waals surface area contributed by atoms with Crippen molar-refractivity contribution in [1.82, 2.24) is 30.4 Å². The lowest BCUT2D eigenvalue weighted by Crippen LogP contribution is -2.36. The first kappa shape index (κ1) is 16.9. The zero-order valence-electron chi connectivity index (χ0n) is 14.4. The molecule has 130 valence electrons. The van der Waals surface area contributed by atoms with Crippen LogP contribution in [0.2, 0.25) is 0 Å². The molecule has 1 aliphatic rings. The molecule has 1 aliphatic heterocycles. The van der Waals surface area contributed by atoms with Gasteiger partial charge in [0.05, 0.1) is 6.54 Å². The van der Waals surface area contributed by atoms with Crippen molar-refractivity contribution >= 4 is 17.3 Å². The highest BCUT2D eigenvalue weighted by atomic mass is 32.1. The van der Waals surface area contributed by atoms with Gasteiger partial charge < -0.3 is 15.2 Å². The number of aliphatic imine (C=N–C) groups is 1. The van der Waals surface area contributed by atoms with E-state index in [0.717, 1.165) is 42.1 Å². The number of rotatable bonds is 5. The maximum atomic E-state index is 4.66. The third-order valence-corrected chi connectivity index (χ3v) is 4.90. The molecule has 2 aromatic heterocycles. The molecule has 0 atom stereocenters. The first-order valence-corrected chi connectivity index (χ1v) is 9.42. The zero-order chi connectivity index (χ0) is 16.8. The molecule has 0 aromatic carbocycles. The van der Waals surface area contributed by atoms with Crippen LogP contribution in [0.4, 0.5) is 0 Å². The molecule has 3 heterocycles. The molecule has 0 bridgehead atoms. The summed E-state index contributed by atoms with van der Waals surface area (Å²) in [6, 6.07) is 0. The fourth-order valence-electron chi connectivity index (χ4n) is 2.80. The van der Waals surface area contributed by atoms with Gasteiger partial charge in [-0.15, -0.1) is 21.5 Å². The fourth-order valence-corrected chi connectivity index (χ4v) is 3.52. The van der Waals surface area contributed by atoms with Gasteiger partial charge in [0.2, 0.25) is 0 Å². The highest BCUT2D eigenvalue weighted by Gasteiger charge is 2.14. The van der Waals surface area contributed by atoms with E-state index in [1.165, 1.54) is 24.1 Å². The minimum Gasteiger partial charge on any atom is -0.357 e. The number of hydrogen-bond acceptors (Lipinski definition) is 5. The summed E-state index contributed by atoms with van der Waals surface area (Å²) in [6.45, 7) is 7.18. The fraction of sp³-hybridized carbons (Fsp3) is 0.625. The van der Waals surface area contributed by atoms with Crippen molar-refractivity contribution in [2.75, 3.05) is 6.54 Å². The Morgan fingerprint density at radius 3 is 3.00 bits per heavy atom. The molecule has 0 spiro atoms. The smallest absolute Gasteiger partial charge is 0.192 e. The third-order valence-electron chi connectivity index (χ3n) is 3.99. The quantitative estimate of drug-likeness (QED) is 0.639. The SMILES string of the molecule is CCNC(=NCc1nnc2n1CCCCC2)NCc1ncc(C)s1. The van der Waals surface area contributed by atoms with E-state index in [1.54, 1.807) is 11.3 Å². The maximum absolute atomic E-state index is 4.66. The molecule has 8 heteroatoms. The van der Waals surface area contributed by atoms with Crippen molar-refractivity contribution in [2.24, 2.45) is 4.99 Å². The van der Waals surface area contributed by atoms with Crippen LogP contribution in [0.3, 0.4) is 0 Å². The number of nitrogens with zero attached hydrogens (tertiary/aromatic N) is 5. The van der Waals surface area contributed by atoms with E-state index in [-0.39, 0.29) is 0 Å². The predicted octanol–water partition coefficient (Wildman–Crippen LogP) is 2.02. The standard InChI is InChI=1S/C16H25N7S/c1-3-17-16(20-11-15-18-9-12(2)24-15)19-10-14-22-21-13-7-5-4-6-8-23(13)14/h9H,3-8,10-11H2,1-2H3,(H2,17,19,20). The van der Waals surface area contributed by atoms with Crippen molar-refractivity contribution in [1.29, 1.82) is 0 Å². The molecular formula is C16H25N7S. The highest BCUT2D eigenvalue weighted by molar-refractivity contribution is 7.11. The Morgan fingerprint density at radius 2 is 2.21 bits per heavy atom. The molecule has 0 saturated carbocycles. The summed E-state index contributed by atoms with van der Waals surface area (Å²) in [7, 11) is 0. The Hall–Kier alpha value is -1.96. The molecule has 0 aliphatic carbocycles. The largest absolute Gasteiger partial charge is 0.357 e. The van der Waals surface area contributed by atoms with Crippen LogP contribution >= 0.6 is 11.3 Å². The van der Waals surface area contributed by atoms with Crippen molar-refractivity contribution in [2.45, 2.75) is 59.2 Å². The molecule has 0 amide bonds. The highest BCUT2D eigenvalue weighted by Crippen LogP contribution is 2.15. The summed E-state index contributed by atoms with van der Waals surface area (Å²) in [5.74, 6) is 2.85. The van der Waals surface area contributed by atoms with Gasteiger partial charge in [-0.25, -0.2) is 9.98 Å². The van der Waals surface area contributed by atoms with E-state index in [0.29, 0.717) is 13.1 Å². The average Bonchev–Trinajstić information content (AvgIpc) is 3.09. The number of guanidine groups is 1. The maximum Gasteiger partial charge on any atom is 0.192 e. The van der Waals surface area contributed by atoms with Crippen molar-refractivity contribution in [3.63, 3.8) is 0 Å². The molecule has 0 radical (unpaired) electrons. The summed E-state index contributed by atoms with van der Waals surface area (Å²) in [5.41, 5.74) is 0. The second-order valence-corrected chi connectivity index (χ2v) is 7.23. The molecule has 24 heavy (non-hydrogen) atoms. The van der Waals surface area contributed by atoms with Gasteiger partial charge in [0.15, 0.2) is 11.8 Å². The van der Waals surface area contributed by atoms with Gasteiger partial charge in [-0.2, -0.15) is 0 Å². The van der Waals surface area contributed by atoms with Gasteiger partial charge in [-0.3, -0.25) is 0 Å². The number of thiazole rings is 1. The van der Waals surface area contributed by atoms with Gasteiger partial charge in [0.25, 0.3) is 0 Å². The van der Waals surface area contributed by atoms with E-state index in [9.17, 15) is 0 Å². The lowest BCUT2D eigenvalue weighted by atomic mass is 10.2. The molecule has 2 aromatic rings. The number of nitrogens with one attached hydrogen (secondary N) is 2. The zero-order valence-corrected chi connectivity index (χ0v) is 15.2. The molecule has 0 fully saturated rings. The van der Waals surface area contributed by atoms with Crippen LogP contribution < -0.4 is 10.6 Å². The Morgan fingerprint density at radius 1 is 1.29 bits per heavy atom. The lowest BCUT2D eigenvalue weighted by Gasteiger charge is -2.10. The molecule has 7 nitrogen and oxygen atoms in total.